The van der Waals surface area contributed by atoms with Crippen LogP contribution in [0.1, 0.15) is 5.89 Å². The highest BCUT2D eigenvalue weighted by molar-refractivity contribution is 7.89. The van der Waals surface area contributed by atoms with E-state index in [4.69, 9.17) is 4.42 Å². The van der Waals surface area contributed by atoms with Gasteiger partial charge in [-0.25, -0.2) is 18.1 Å². The normalized spacial score (nSPS) is 11.1. The average molecular weight is 332 g/mol. The molecule has 6 nitrogen and oxygen atoms in total. The Balaban J connectivity index is 0.00000220. The maximum Gasteiger partial charge on any atom is 0.240 e. The molecule has 0 aliphatic heterocycles. The van der Waals surface area contributed by atoms with Gasteiger partial charge in [0, 0.05) is 25.6 Å². The fraction of sp³-hybridized carbons (Fsp3) is 0.308. The van der Waals surface area contributed by atoms with Crippen molar-refractivity contribution in [1.29, 1.82) is 0 Å². The summed E-state index contributed by atoms with van der Waals surface area (Å²) >= 11 is 0. The number of hydrogen-bond acceptors (Lipinski definition) is 5. The monoisotopic (exact) mass is 331 g/mol. The molecule has 0 saturated carbocycles. The van der Waals surface area contributed by atoms with Gasteiger partial charge in [-0.05, 0) is 19.2 Å². The second-order valence-corrected chi connectivity index (χ2v) is 6.04. The third-order valence-electron chi connectivity index (χ3n) is 2.75. The molecule has 2 rings (SSSR count). The van der Waals surface area contributed by atoms with E-state index in [-0.39, 0.29) is 17.3 Å². The number of halogens is 1. The van der Waals surface area contributed by atoms with Crippen molar-refractivity contribution in [2.45, 2.75) is 11.8 Å². The fourth-order valence-corrected chi connectivity index (χ4v) is 2.73. The summed E-state index contributed by atoms with van der Waals surface area (Å²) in [6.07, 6.45) is 1.55. The van der Waals surface area contributed by atoms with Gasteiger partial charge < -0.3 is 9.73 Å². The van der Waals surface area contributed by atoms with E-state index in [1.165, 1.54) is 0 Å². The Labute approximate surface area is 130 Å². The Hall–Kier alpha value is -1.41. The zero-order chi connectivity index (χ0) is 14.6. The van der Waals surface area contributed by atoms with E-state index in [1.54, 1.807) is 44.5 Å². The fourth-order valence-electron chi connectivity index (χ4n) is 1.69. The number of rotatable bonds is 6. The summed E-state index contributed by atoms with van der Waals surface area (Å²) in [5.74, 6) is 0.574. The van der Waals surface area contributed by atoms with Crippen LogP contribution >= 0.6 is 12.4 Å². The van der Waals surface area contributed by atoms with Crippen LogP contribution in [0.3, 0.4) is 0 Å². The standard InChI is InChI=1S/C13H17N3O3S.ClH/c1-10-16-13(9-19-10)11-3-5-12(6-4-11)20(17,18)15-8-7-14-2;/h3-6,9,14-15H,7-8H2,1-2H3;1H. The van der Waals surface area contributed by atoms with E-state index in [9.17, 15) is 8.42 Å². The van der Waals surface area contributed by atoms with Crippen LogP contribution in [0, 0.1) is 6.92 Å². The molecule has 0 spiro atoms. The summed E-state index contributed by atoms with van der Waals surface area (Å²) in [6, 6.07) is 6.54. The van der Waals surface area contributed by atoms with Crippen LogP contribution in [0.15, 0.2) is 39.8 Å². The number of nitrogens with one attached hydrogen (secondary N) is 2. The van der Waals surface area contributed by atoms with Gasteiger partial charge in [-0.1, -0.05) is 12.1 Å². The number of oxazole rings is 1. The lowest BCUT2D eigenvalue weighted by molar-refractivity contribution is 0.521. The molecule has 2 aromatic rings. The number of aryl methyl sites for hydroxylation is 1. The molecule has 0 amide bonds. The number of nitrogens with zero attached hydrogens (tertiary/aromatic N) is 1. The largest absolute Gasteiger partial charge is 0.449 e. The predicted octanol–water partition coefficient (Wildman–Crippen LogP) is 1.57. The highest BCUT2D eigenvalue weighted by Gasteiger charge is 2.13. The smallest absolute Gasteiger partial charge is 0.240 e. The zero-order valence-electron chi connectivity index (χ0n) is 11.8. The van der Waals surface area contributed by atoms with Crippen molar-refractivity contribution < 1.29 is 12.8 Å². The van der Waals surface area contributed by atoms with Crippen LogP contribution in [0.25, 0.3) is 11.3 Å². The Morgan fingerprint density at radius 2 is 1.86 bits per heavy atom. The Kier molecular flexibility index (Phi) is 6.35. The first-order chi connectivity index (χ1) is 9.53. The minimum absolute atomic E-state index is 0. The lowest BCUT2D eigenvalue weighted by atomic mass is 10.2. The van der Waals surface area contributed by atoms with Crippen molar-refractivity contribution in [2.24, 2.45) is 0 Å². The van der Waals surface area contributed by atoms with E-state index in [1.807, 2.05) is 0 Å². The Bertz CT molecular complexity index is 668. The van der Waals surface area contributed by atoms with Gasteiger partial charge in [0.1, 0.15) is 12.0 Å². The van der Waals surface area contributed by atoms with Crippen molar-refractivity contribution in [3.8, 4) is 11.3 Å². The molecule has 21 heavy (non-hydrogen) atoms. The molecule has 0 bridgehead atoms. The van der Waals surface area contributed by atoms with E-state index < -0.39 is 10.0 Å². The first-order valence-corrected chi connectivity index (χ1v) is 7.68. The molecule has 0 aliphatic rings. The summed E-state index contributed by atoms with van der Waals surface area (Å²) in [4.78, 5) is 4.43. The van der Waals surface area contributed by atoms with Gasteiger partial charge in [0.15, 0.2) is 5.89 Å². The van der Waals surface area contributed by atoms with E-state index in [0.717, 1.165) is 5.56 Å². The number of sulfonamides is 1. The predicted molar refractivity (Wildman–Crippen MR) is 83.0 cm³/mol. The molecule has 0 aliphatic carbocycles. The lowest BCUT2D eigenvalue weighted by Crippen LogP contribution is -2.30. The maximum atomic E-state index is 12.0. The quantitative estimate of drug-likeness (QED) is 0.785. The molecule has 1 aromatic carbocycles. The van der Waals surface area contributed by atoms with Gasteiger partial charge in [0.05, 0.1) is 4.90 Å². The molecule has 8 heteroatoms. The second kappa shape index (κ2) is 7.56. The molecular weight excluding hydrogens is 314 g/mol. The summed E-state index contributed by atoms with van der Waals surface area (Å²) in [5.41, 5.74) is 1.51. The van der Waals surface area contributed by atoms with Crippen LogP contribution < -0.4 is 10.0 Å². The Morgan fingerprint density at radius 1 is 1.19 bits per heavy atom. The highest BCUT2D eigenvalue weighted by atomic mass is 35.5. The lowest BCUT2D eigenvalue weighted by Gasteiger charge is -2.06. The highest BCUT2D eigenvalue weighted by Crippen LogP contribution is 2.20. The SMILES string of the molecule is CNCCNS(=O)(=O)c1ccc(-c2coc(C)n2)cc1.Cl. The summed E-state index contributed by atoms with van der Waals surface area (Å²) in [5, 5.41) is 2.88. The van der Waals surface area contributed by atoms with Crippen LogP contribution in [0.5, 0.6) is 0 Å². The van der Waals surface area contributed by atoms with Gasteiger partial charge in [0.25, 0.3) is 0 Å². The molecule has 1 heterocycles. The second-order valence-electron chi connectivity index (χ2n) is 4.28. The number of aromatic nitrogens is 1. The van der Waals surface area contributed by atoms with Gasteiger partial charge in [-0.3, -0.25) is 0 Å². The topological polar surface area (TPSA) is 84.2 Å². The maximum absolute atomic E-state index is 12.0. The summed E-state index contributed by atoms with van der Waals surface area (Å²) in [6.45, 7) is 2.69. The molecule has 0 atom stereocenters. The minimum atomic E-state index is -3.46. The van der Waals surface area contributed by atoms with Crippen LogP contribution in [-0.2, 0) is 10.0 Å². The number of hydrogen-bond donors (Lipinski definition) is 2. The molecule has 116 valence electrons. The zero-order valence-corrected chi connectivity index (χ0v) is 13.4. The Morgan fingerprint density at radius 3 is 2.38 bits per heavy atom. The third kappa shape index (κ3) is 4.53. The van der Waals surface area contributed by atoms with E-state index in [2.05, 4.69) is 15.0 Å². The first kappa shape index (κ1) is 17.6. The van der Waals surface area contributed by atoms with Crippen molar-refractivity contribution >= 4 is 22.4 Å². The van der Waals surface area contributed by atoms with Gasteiger partial charge in [-0.15, -0.1) is 12.4 Å². The van der Waals surface area contributed by atoms with E-state index in [0.29, 0.717) is 24.7 Å². The third-order valence-corrected chi connectivity index (χ3v) is 4.22. The summed E-state index contributed by atoms with van der Waals surface area (Å²) < 4.78 is 31.6. The molecule has 0 fully saturated rings. The van der Waals surface area contributed by atoms with Crippen molar-refractivity contribution in [3.05, 3.63) is 36.4 Å². The summed E-state index contributed by atoms with van der Waals surface area (Å²) in [7, 11) is -1.69. The molecule has 2 N–H and O–H groups in total. The molecular formula is C13H18ClN3O3S. The molecule has 0 unspecified atom stereocenters. The van der Waals surface area contributed by atoms with Gasteiger partial charge >= 0.3 is 0 Å². The minimum Gasteiger partial charge on any atom is -0.449 e. The van der Waals surface area contributed by atoms with Gasteiger partial charge in [-0.2, -0.15) is 0 Å². The average Bonchev–Trinajstić information content (AvgIpc) is 2.86. The number of benzene rings is 1. The molecule has 0 radical (unpaired) electrons. The van der Waals surface area contributed by atoms with Crippen molar-refractivity contribution in [1.82, 2.24) is 15.0 Å². The van der Waals surface area contributed by atoms with Crippen molar-refractivity contribution in [2.75, 3.05) is 20.1 Å². The van der Waals surface area contributed by atoms with Crippen LogP contribution in [0.4, 0.5) is 0 Å². The molecule has 1 aromatic heterocycles. The number of likely N-dealkylation sites (N-methyl/N-ethyl adjacent to an activating group) is 1. The van der Waals surface area contributed by atoms with Crippen LogP contribution in [-0.4, -0.2) is 33.5 Å². The molecule has 0 saturated heterocycles. The first-order valence-electron chi connectivity index (χ1n) is 6.20. The van der Waals surface area contributed by atoms with Crippen LogP contribution in [0.2, 0.25) is 0 Å². The van der Waals surface area contributed by atoms with Crippen molar-refractivity contribution in [3.63, 3.8) is 0 Å². The van der Waals surface area contributed by atoms with E-state index >= 15 is 0 Å². The van der Waals surface area contributed by atoms with Gasteiger partial charge in [0.2, 0.25) is 10.0 Å².